The Kier molecular flexibility index (Phi) is 5.15. The molecule has 3 aliphatic rings. The van der Waals surface area contributed by atoms with Gasteiger partial charge in [0.25, 0.3) is 0 Å². The minimum absolute atomic E-state index is 0.117. The van der Waals surface area contributed by atoms with E-state index in [1.54, 1.807) is 24.3 Å². The molecule has 182 valence electrons. The van der Waals surface area contributed by atoms with Crippen molar-refractivity contribution in [2.24, 2.45) is 11.8 Å². The number of carbonyl (C=O) groups is 3. The van der Waals surface area contributed by atoms with Crippen LogP contribution in [0.15, 0.2) is 72.8 Å². The number of hydrogen-bond donors (Lipinski definition) is 3. The van der Waals surface area contributed by atoms with Gasteiger partial charge in [-0.15, -0.1) is 0 Å². The van der Waals surface area contributed by atoms with Crippen LogP contribution in [-0.4, -0.2) is 40.3 Å². The molecule has 4 atom stereocenters. The summed E-state index contributed by atoms with van der Waals surface area (Å²) in [6, 6.07) is 19.6. The molecule has 36 heavy (non-hydrogen) atoms. The van der Waals surface area contributed by atoms with Gasteiger partial charge in [-0.3, -0.25) is 24.6 Å². The lowest BCUT2D eigenvalue weighted by Crippen LogP contribution is -2.53. The Morgan fingerprint density at radius 2 is 1.67 bits per heavy atom. The molecule has 3 aromatic carbocycles. The van der Waals surface area contributed by atoms with Crippen LogP contribution in [0.4, 0.5) is 10.1 Å². The average Bonchev–Trinajstić information content (AvgIpc) is 3.44. The van der Waals surface area contributed by atoms with Crippen molar-refractivity contribution in [2.45, 2.75) is 24.4 Å². The summed E-state index contributed by atoms with van der Waals surface area (Å²) in [5.74, 6) is -3.40. The molecular weight excluding hydrogens is 461 g/mol. The maximum Gasteiger partial charge on any atom is 0.250 e. The lowest BCUT2D eigenvalue weighted by atomic mass is 9.76. The van der Waals surface area contributed by atoms with Gasteiger partial charge in [-0.2, -0.15) is 0 Å². The topological polar surface area (TPSA) is 98.7 Å². The van der Waals surface area contributed by atoms with Crippen LogP contribution < -0.4 is 10.6 Å². The number of phenolic OH excluding ortho intramolecular Hbond substituents is 1. The summed E-state index contributed by atoms with van der Waals surface area (Å²) in [4.78, 5) is 42.3. The van der Waals surface area contributed by atoms with E-state index in [-0.39, 0.29) is 18.2 Å². The van der Waals surface area contributed by atoms with Gasteiger partial charge >= 0.3 is 0 Å². The van der Waals surface area contributed by atoms with E-state index in [4.69, 9.17) is 0 Å². The third-order valence-electron chi connectivity index (χ3n) is 7.63. The smallest absolute Gasteiger partial charge is 0.250 e. The van der Waals surface area contributed by atoms with Crippen LogP contribution in [-0.2, 0) is 32.8 Å². The number of amides is 3. The van der Waals surface area contributed by atoms with Gasteiger partial charge in [0.1, 0.15) is 17.1 Å². The molecule has 6 rings (SSSR count). The lowest BCUT2D eigenvalue weighted by Gasteiger charge is -2.29. The Labute approximate surface area is 206 Å². The summed E-state index contributed by atoms with van der Waals surface area (Å²) >= 11 is 0. The minimum Gasteiger partial charge on any atom is -0.508 e. The molecule has 0 saturated carbocycles. The summed E-state index contributed by atoms with van der Waals surface area (Å²) < 4.78 is 14.4. The molecule has 2 fully saturated rings. The molecule has 3 N–H and O–H groups in total. The van der Waals surface area contributed by atoms with Crippen molar-refractivity contribution in [1.82, 2.24) is 10.2 Å². The SMILES string of the molecule is O=C1[C@H]2C(Cc3ccc(O)cc3)NC3(C(=O)Nc4ccc(F)cc43)[C@H]2C(=O)N1CCc1ccccc1. The fourth-order valence-corrected chi connectivity index (χ4v) is 6.00. The molecule has 3 heterocycles. The number of benzene rings is 3. The van der Waals surface area contributed by atoms with E-state index >= 15 is 0 Å². The lowest BCUT2D eigenvalue weighted by molar-refractivity contribution is -0.142. The van der Waals surface area contributed by atoms with Crippen molar-refractivity contribution < 1.29 is 23.9 Å². The first-order valence-corrected chi connectivity index (χ1v) is 11.9. The highest BCUT2D eigenvalue weighted by Gasteiger charge is 2.70. The van der Waals surface area contributed by atoms with Gasteiger partial charge in [0.2, 0.25) is 17.7 Å². The number of rotatable bonds is 5. The molecular formula is C28H24FN3O4. The second-order valence-corrected chi connectivity index (χ2v) is 9.64. The zero-order chi connectivity index (χ0) is 25.0. The third-order valence-corrected chi connectivity index (χ3v) is 7.63. The van der Waals surface area contributed by atoms with Gasteiger partial charge in [-0.25, -0.2) is 4.39 Å². The van der Waals surface area contributed by atoms with Crippen molar-refractivity contribution >= 4 is 23.4 Å². The van der Waals surface area contributed by atoms with Crippen molar-refractivity contribution in [2.75, 3.05) is 11.9 Å². The average molecular weight is 486 g/mol. The Bertz CT molecular complexity index is 1380. The van der Waals surface area contributed by atoms with E-state index in [2.05, 4.69) is 10.6 Å². The summed E-state index contributed by atoms with van der Waals surface area (Å²) in [6.07, 6.45) is 0.852. The highest BCUT2D eigenvalue weighted by molar-refractivity contribution is 6.15. The van der Waals surface area contributed by atoms with E-state index in [9.17, 15) is 23.9 Å². The highest BCUT2D eigenvalue weighted by Crippen LogP contribution is 2.53. The highest BCUT2D eigenvalue weighted by atomic mass is 19.1. The fraction of sp³-hybridized carbons (Fsp3) is 0.250. The number of carbonyl (C=O) groups excluding carboxylic acids is 3. The van der Waals surface area contributed by atoms with Crippen molar-refractivity contribution in [3.8, 4) is 5.75 Å². The van der Waals surface area contributed by atoms with E-state index in [1.165, 1.54) is 23.1 Å². The number of likely N-dealkylation sites (tertiary alicyclic amines) is 1. The Morgan fingerprint density at radius 1 is 0.917 bits per heavy atom. The largest absolute Gasteiger partial charge is 0.508 e. The molecule has 0 radical (unpaired) electrons. The Balaban J connectivity index is 1.40. The van der Waals surface area contributed by atoms with E-state index in [0.717, 1.165) is 11.1 Å². The predicted octanol–water partition coefficient (Wildman–Crippen LogP) is 2.74. The first-order valence-electron chi connectivity index (χ1n) is 11.9. The quantitative estimate of drug-likeness (QED) is 0.483. The molecule has 0 bridgehead atoms. The summed E-state index contributed by atoms with van der Waals surface area (Å²) in [5.41, 5.74) is 1.07. The van der Waals surface area contributed by atoms with Crippen molar-refractivity contribution in [3.05, 3.63) is 95.3 Å². The minimum atomic E-state index is -1.54. The Morgan fingerprint density at radius 3 is 2.42 bits per heavy atom. The number of phenols is 1. The normalized spacial score (nSPS) is 26.4. The monoisotopic (exact) mass is 485 g/mol. The van der Waals surface area contributed by atoms with Crippen LogP contribution >= 0.6 is 0 Å². The van der Waals surface area contributed by atoms with Crippen LogP contribution in [0, 0.1) is 17.7 Å². The van der Waals surface area contributed by atoms with Crippen LogP contribution in [0.1, 0.15) is 16.7 Å². The second kappa shape index (κ2) is 8.27. The van der Waals surface area contributed by atoms with Crippen LogP contribution in [0.25, 0.3) is 0 Å². The molecule has 3 aromatic rings. The standard InChI is InChI=1S/C28H24FN3O4/c29-18-8-11-21-20(15-18)28(27(36)30-21)24-23(22(31-28)14-17-6-9-19(33)10-7-17)25(34)32(26(24)35)13-12-16-4-2-1-3-5-16/h1-11,15,22-24,31,33H,12-14H2,(H,30,36)/t22?,23-,24+,28?/m0/s1. The zero-order valence-electron chi connectivity index (χ0n) is 19.3. The molecule has 2 saturated heterocycles. The number of nitrogens with one attached hydrogen (secondary N) is 2. The first-order chi connectivity index (χ1) is 17.4. The number of halogens is 1. The van der Waals surface area contributed by atoms with Crippen LogP contribution in [0.2, 0.25) is 0 Å². The molecule has 0 aliphatic carbocycles. The van der Waals surface area contributed by atoms with E-state index in [1.807, 2.05) is 30.3 Å². The van der Waals surface area contributed by atoms with Gasteiger partial charge in [0.05, 0.1) is 11.8 Å². The molecule has 2 unspecified atom stereocenters. The van der Waals surface area contributed by atoms with Crippen molar-refractivity contribution in [3.63, 3.8) is 0 Å². The molecule has 1 spiro atoms. The molecule has 8 heteroatoms. The molecule has 3 aliphatic heterocycles. The summed E-state index contributed by atoms with van der Waals surface area (Å²) in [7, 11) is 0. The summed E-state index contributed by atoms with van der Waals surface area (Å²) in [6.45, 7) is 0.203. The van der Waals surface area contributed by atoms with Gasteiger partial charge < -0.3 is 10.4 Å². The van der Waals surface area contributed by atoms with Gasteiger partial charge in [-0.1, -0.05) is 42.5 Å². The van der Waals surface area contributed by atoms with Gasteiger partial charge in [0.15, 0.2) is 0 Å². The molecule has 0 aromatic heterocycles. The zero-order valence-corrected chi connectivity index (χ0v) is 19.3. The Hall–Kier alpha value is -4.04. The summed E-state index contributed by atoms with van der Waals surface area (Å²) in [5, 5.41) is 15.8. The number of imide groups is 1. The van der Waals surface area contributed by atoms with E-state index in [0.29, 0.717) is 24.1 Å². The van der Waals surface area contributed by atoms with Gasteiger partial charge in [0, 0.05) is 23.8 Å². The van der Waals surface area contributed by atoms with Crippen LogP contribution in [0.5, 0.6) is 5.75 Å². The number of nitrogens with zero attached hydrogens (tertiary/aromatic N) is 1. The number of fused-ring (bicyclic) bond motifs is 4. The fourth-order valence-electron chi connectivity index (χ4n) is 6.00. The van der Waals surface area contributed by atoms with E-state index < -0.39 is 41.0 Å². The number of hydrogen-bond acceptors (Lipinski definition) is 5. The molecule has 7 nitrogen and oxygen atoms in total. The first kappa shape index (κ1) is 22.4. The number of aromatic hydroxyl groups is 1. The number of anilines is 1. The predicted molar refractivity (Wildman–Crippen MR) is 129 cm³/mol. The maximum atomic E-state index is 14.4. The van der Waals surface area contributed by atoms with Gasteiger partial charge in [-0.05, 0) is 54.3 Å². The second-order valence-electron chi connectivity index (χ2n) is 9.64. The van der Waals surface area contributed by atoms with Crippen LogP contribution in [0.3, 0.4) is 0 Å². The van der Waals surface area contributed by atoms with Crippen molar-refractivity contribution in [1.29, 1.82) is 0 Å². The third kappa shape index (κ3) is 3.32. The maximum absolute atomic E-state index is 14.4. The molecule has 3 amide bonds.